The van der Waals surface area contributed by atoms with Crippen LogP contribution < -0.4 is 0 Å². The van der Waals surface area contributed by atoms with Crippen molar-refractivity contribution in [1.82, 2.24) is 4.98 Å². The van der Waals surface area contributed by atoms with Gasteiger partial charge in [0.05, 0.1) is 5.02 Å². The number of pyridine rings is 1. The standard InChI is InChI=1S/C12H16ClN/c1-8(2)12(4-5-12)11-9(3)6-14-7-10(11)13/h6-8H,4-5H2,1-3H3. The summed E-state index contributed by atoms with van der Waals surface area (Å²) in [5, 5.41) is 0.844. The summed E-state index contributed by atoms with van der Waals surface area (Å²) < 4.78 is 0. The Hall–Kier alpha value is -0.560. The minimum Gasteiger partial charge on any atom is -0.263 e. The largest absolute Gasteiger partial charge is 0.263 e. The van der Waals surface area contributed by atoms with E-state index in [0.29, 0.717) is 11.3 Å². The lowest BCUT2D eigenvalue weighted by atomic mass is 9.83. The first-order valence-electron chi connectivity index (χ1n) is 5.18. The fourth-order valence-electron chi connectivity index (χ4n) is 2.41. The monoisotopic (exact) mass is 209 g/mol. The molecular formula is C12H16ClN. The molecule has 1 saturated carbocycles. The van der Waals surface area contributed by atoms with Crippen LogP contribution in [0.2, 0.25) is 5.02 Å². The van der Waals surface area contributed by atoms with E-state index in [1.165, 1.54) is 24.0 Å². The van der Waals surface area contributed by atoms with Crippen LogP contribution in [0.4, 0.5) is 0 Å². The van der Waals surface area contributed by atoms with Crippen LogP contribution in [0.25, 0.3) is 0 Å². The number of nitrogens with zero attached hydrogens (tertiary/aromatic N) is 1. The maximum atomic E-state index is 6.24. The highest BCUT2D eigenvalue weighted by Crippen LogP contribution is 2.56. The summed E-state index contributed by atoms with van der Waals surface area (Å²) in [6.45, 7) is 6.67. The summed E-state index contributed by atoms with van der Waals surface area (Å²) in [7, 11) is 0. The Labute approximate surface area is 90.5 Å². The third-order valence-corrected chi connectivity index (χ3v) is 3.77. The molecule has 1 aromatic rings. The van der Waals surface area contributed by atoms with Gasteiger partial charge < -0.3 is 0 Å². The molecule has 2 rings (SSSR count). The highest BCUT2D eigenvalue weighted by molar-refractivity contribution is 6.31. The molecule has 0 atom stereocenters. The van der Waals surface area contributed by atoms with Crippen molar-refractivity contribution in [3.05, 3.63) is 28.5 Å². The van der Waals surface area contributed by atoms with Crippen molar-refractivity contribution in [2.75, 3.05) is 0 Å². The molecule has 1 aliphatic carbocycles. The van der Waals surface area contributed by atoms with Crippen molar-refractivity contribution >= 4 is 11.6 Å². The van der Waals surface area contributed by atoms with E-state index in [0.717, 1.165) is 5.02 Å². The van der Waals surface area contributed by atoms with Crippen LogP contribution in [0.1, 0.15) is 37.8 Å². The van der Waals surface area contributed by atoms with Crippen molar-refractivity contribution in [2.24, 2.45) is 5.92 Å². The van der Waals surface area contributed by atoms with Gasteiger partial charge in [0.25, 0.3) is 0 Å². The Morgan fingerprint density at radius 3 is 2.43 bits per heavy atom. The molecule has 1 aromatic heterocycles. The number of aryl methyl sites for hydroxylation is 1. The van der Waals surface area contributed by atoms with E-state index in [9.17, 15) is 0 Å². The Morgan fingerprint density at radius 2 is 2.00 bits per heavy atom. The van der Waals surface area contributed by atoms with Crippen molar-refractivity contribution < 1.29 is 0 Å². The summed E-state index contributed by atoms with van der Waals surface area (Å²) in [4.78, 5) is 4.11. The van der Waals surface area contributed by atoms with E-state index < -0.39 is 0 Å². The molecule has 14 heavy (non-hydrogen) atoms. The quantitative estimate of drug-likeness (QED) is 0.724. The molecule has 1 fully saturated rings. The van der Waals surface area contributed by atoms with Crippen molar-refractivity contribution in [1.29, 1.82) is 0 Å². The van der Waals surface area contributed by atoms with E-state index >= 15 is 0 Å². The van der Waals surface area contributed by atoms with Crippen LogP contribution in [0.5, 0.6) is 0 Å². The number of rotatable bonds is 2. The zero-order valence-corrected chi connectivity index (χ0v) is 9.73. The molecule has 0 spiro atoms. The first-order valence-corrected chi connectivity index (χ1v) is 5.56. The maximum absolute atomic E-state index is 6.24. The smallest absolute Gasteiger partial charge is 0.0629 e. The molecule has 0 bridgehead atoms. The van der Waals surface area contributed by atoms with Crippen molar-refractivity contribution in [3.8, 4) is 0 Å². The maximum Gasteiger partial charge on any atom is 0.0629 e. The summed E-state index contributed by atoms with van der Waals surface area (Å²) in [5.74, 6) is 0.668. The SMILES string of the molecule is Cc1cncc(Cl)c1C1(C(C)C)CC1. The van der Waals surface area contributed by atoms with Gasteiger partial charge in [-0.25, -0.2) is 0 Å². The number of halogens is 1. The highest BCUT2D eigenvalue weighted by atomic mass is 35.5. The van der Waals surface area contributed by atoms with Gasteiger partial charge in [-0.05, 0) is 42.2 Å². The molecule has 2 heteroatoms. The molecule has 0 saturated heterocycles. The Balaban J connectivity index is 2.51. The summed E-state index contributed by atoms with van der Waals surface area (Å²) in [6.07, 6.45) is 6.24. The van der Waals surface area contributed by atoms with Gasteiger partial charge in [-0.3, -0.25) is 4.98 Å². The first kappa shape index (κ1) is 9.97. The lowest BCUT2D eigenvalue weighted by Crippen LogP contribution is -2.17. The van der Waals surface area contributed by atoms with Gasteiger partial charge in [0.15, 0.2) is 0 Å². The lowest BCUT2D eigenvalue weighted by molar-refractivity contribution is 0.479. The second-order valence-electron chi connectivity index (χ2n) is 4.62. The Morgan fingerprint density at radius 1 is 1.36 bits per heavy atom. The molecule has 1 aliphatic rings. The van der Waals surface area contributed by atoms with Gasteiger partial charge in [0.2, 0.25) is 0 Å². The molecule has 76 valence electrons. The Bertz CT molecular complexity index is 333. The molecule has 0 radical (unpaired) electrons. The number of hydrogen-bond donors (Lipinski definition) is 0. The first-order chi connectivity index (χ1) is 6.58. The number of hydrogen-bond acceptors (Lipinski definition) is 1. The van der Waals surface area contributed by atoms with Gasteiger partial charge in [-0.15, -0.1) is 0 Å². The van der Waals surface area contributed by atoms with Gasteiger partial charge in [0.1, 0.15) is 0 Å². The van der Waals surface area contributed by atoms with Gasteiger partial charge in [-0.1, -0.05) is 25.4 Å². The topological polar surface area (TPSA) is 12.9 Å². The molecule has 1 heterocycles. The molecule has 0 amide bonds. The average Bonchev–Trinajstić information content (AvgIpc) is 2.85. The molecule has 0 N–H and O–H groups in total. The van der Waals surface area contributed by atoms with Crippen molar-refractivity contribution in [3.63, 3.8) is 0 Å². The minimum absolute atomic E-state index is 0.351. The van der Waals surface area contributed by atoms with E-state index in [-0.39, 0.29) is 0 Å². The van der Waals surface area contributed by atoms with E-state index in [1.807, 2.05) is 6.20 Å². The van der Waals surface area contributed by atoms with Crippen LogP contribution in [0.3, 0.4) is 0 Å². The highest BCUT2D eigenvalue weighted by Gasteiger charge is 2.48. The normalized spacial score (nSPS) is 18.6. The third-order valence-electron chi connectivity index (χ3n) is 3.48. The minimum atomic E-state index is 0.351. The average molecular weight is 210 g/mol. The van der Waals surface area contributed by atoms with Crippen LogP contribution in [0, 0.1) is 12.8 Å². The second kappa shape index (κ2) is 3.23. The summed E-state index contributed by atoms with van der Waals surface area (Å²) in [5.41, 5.74) is 2.93. The van der Waals surface area contributed by atoms with E-state index in [4.69, 9.17) is 11.6 Å². The predicted molar refractivity (Wildman–Crippen MR) is 59.7 cm³/mol. The zero-order valence-electron chi connectivity index (χ0n) is 8.97. The van der Waals surface area contributed by atoms with E-state index in [1.54, 1.807) is 6.20 Å². The Kier molecular flexibility index (Phi) is 2.30. The van der Waals surface area contributed by atoms with Crippen LogP contribution in [-0.2, 0) is 5.41 Å². The molecular weight excluding hydrogens is 194 g/mol. The van der Waals surface area contributed by atoms with Crippen LogP contribution in [0.15, 0.2) is 12.4 Å². The summed E-state index contributed by atoms with van der Waals surface area (Å²) >= 11 is 6.24. The third kappa shape index (κ3) is 1.35. The van der Waals surface area contributed by atoms with Crippen LogP contribution in [-0.4, -0.2) is 4.98 Å². The fraction of sp³-hybridized carbons (Fsp3) is 0.583. The molecule has 0 aliphatic heterocycles. The molecule has 1 nitrogen and oxygen atoms in total. The fourth-order valence-corrected chi connectivity index (χ4v) is 2.81. The number of aromatic nitrogens is 1. The second-order valence-corrected chi connectivity index (χ2v) is 5.03. The van der Waals surface area contributed by atoms with Crippen molar-refractivity contribution in [2.45, 2.75) is 39.0 Å². The van der Waals surface area contributed by atoms with Gasteiger partial charge >= 0.3 is 0 Å². The van der Waals surface area contributed by atoms with E-state index in [2.05, 4.69) is 25.8 Å². The van der Waals surface area contributed by atoms with Gasteiger partial charge in [-0.2, -0.15) is 0 Å². The molecule has 0 aromatic carbocycles. The summed E-state index contributed by atoms with van der Waals surface area (Å²) in [6, 6.07) is 0. The van der Waals surface area contributed by atoms with Crippen LogP contribution >= 0.6 is 11.6 Å². The predicted octanol–water partition coefficient (Wildman–Crippen LogP) is 3.73. The zero-order chi connectivity index (χ0) is 10.3. The van der Waals surface area contributed by atoms with Gasteiger partial charge in [0, 0.05) is 12.4 Å². The lowest BCUT2D eigenvalue weighted by Gasteiger charge is -2.23. The molecule has 0 unspecified atom stereocenters.